The van der Waals surface area contributed by atoms with Crippen LogP contribution in [0.25, 0.3) is 0 Å². The Morgan fingerprint density at radius 3 is 2.56 bits per heavy atom. The van der Waals surface area contributed by atoms with E-state index in [1.54, 1.807) is 37.4 Å². The Hall–Kier alpha value is -2.38. The van der Waals surface area contributed by atoms with Crippen LogP contribution in [0.4, 0.5) is 0 Å². The zero-order valence-corrected chi connectivity index (χ0v) is 16.1. The number of hydrogen-bond donors (Lipinski definition) is 1. The molecule has 0 radical (unpaired) electrons. The smallest absolute Gasteiger partial charge is 0.243 e. The van der Waals surface area contributed by atoms with Crippen LogP contribution in [0.2, 0.25) is 0 Å². The number of amides is 1. The van der Waals surface area contributed by atoms with Crippen molar-refractivity contribution >= 4 is 15.9 Å². The van der Waals surface area contributed by atoms with Gasteiger partial charge in [-0.1, -0.05) is 42.8 Å². The molecule has 0 aromatic heterocycles. The van der Waals surface area contributed by atoms with Crippen LogP contribution in [0.15, 0.2) is 59.5 Å². The molecule has 0 aliphatic carbocycles. The van der Waals surface area contributed by atoms with E-state index in [0.717, 1.165) is 18.4 Å². The maximum atomic E-state index is 13.0. The maximum absolute atomic E-state index is 13.0. The van der Waals surface area contributed by atoms with E-state index in [1.807, 2.05) is 24.3 Å². The highest BCUT2D eigenvalue weighted by Crippen LogP contribution is 2.26. The first kappa shape index (κ1) is 19.4. The molecule has 144 valence electrons. The molecule has 1 saturated heterocycles. The summed E-state index contributed by atoms with van der Waals surface area (Å²) in [6.07, 6.45) is 2.10. The van der Waals surface area contributed by atoms with Crippen molar-refractivity contribution in [3.05, 3.63) is 60.2 Å². The summed E-state index contributed by atoms with van der Waals surface area (Å²) in [7, 11) is -2.12. The first-order chi connectivity index (χ1) is 13.0. The van der Waals surface area contributed by atoms with Gasteiger partial charge in [-0.15, -0.1) is 0 Å². The maximum Gasteiger partial charge on any atom is 0.243 e. The first-order valence-electron chi connectivity index (χ1n) is 9.00. The molecule has 0 bridgehead atoms. The second kappa shape index (κ2) is 8.54. The Labute approximate surface area is 160 Å². The topological polar surface area (TPSA) is 75.7 Å². The molecule has 1 aliphatic heterocycles. The van der Waals surface area contributed by atoms with E-state index in [1.165, 1.54) is 4.31 Å². The Bertz CT molecular complexity index is 884. The summed E-state index contributed by atoms with van der Waals surface area (Å²) >= 11 is 0. The minimum Gasteiger partial charge on any atom is -0.496 e. The van der Waals surface area contributed by atoms with Gasteiger partial charge in [0.1, 0.15) is 11.8 Å². The second-order valence-electron chi connectivity index (χ2n) is 6.47. The van der Waals surface area contributed by atoms with Gasteiger partial charge in [0, 0.05) is 18.7 Å². The van der Waals surface area contributed by atoms with Crippen molar-refractivity contribution in [3.63, 3.8) is 0 Å². The van der Waals surface area contributed by atoms with Crippen molar-refractivity contribution < 1.29 is 17.9 Å². The summed E-state index contributed by atoms with van der Waals surface area (Å²) in [6.45, 7) is 0.641. The van der Waals surface area contributed by atoms with E-state index in [9.17, 15) is 13.2 Å². The molecule has 0 unspecified atom stereocenters. The van der Waals surface area contributed by atoms with Gasteiger partial charge in [-0.3, -0.25) is 4.79 Å². The van der Waals surface area contributed by atoms with Gasteiger partial charge in [-0.2, -0.15) is 4.31 Å². The molecule has 6 nitrogen and oxygen atoms in total. The SMILES string of the molecule is COc1ccccc1CNC(=O)[C@H]1CCCCN1S(=O)(=O)c1ccccc1. The molecule has 1 N–H and O–H groups in total. The molecule has 7 heteroatoms. The largest absolute Gasteiger partial charge is 0.496 e. The third kappa shape index (κ3) is 4.31. The summed E-state index contributed by atoms with van der Waals surface area (Å²) < 4.78 is 32.6. The highest BCUT2D eigenvalue weighted by molar-refractivity contribution is 7.89. The third-order valence-electron chi connectivity index (χ3n) is 4.75. The van der Waals surface area contributed by atoms with Crippen molar-refractivity contribution in [2.45, 2.75) is 36.7 Å². The van der Waals surface area contributed by atoms with Crippen molar-refractivity contribution in [1.29, 1.82) is 0 Å². The number of rotatable bonds is 6. The Balaban J connectivity index is 1.76. The number of nitrogens with zero attached hydrogens (tertiary/aromatic N) is 1. The molecular weight excluding hydrogens is 364 g/mol. The number of sulfonamides is 1. The fourth-order valence-corrected chi connectivity index (χ4v) is 5.01. The van der Waals surface area contributed by atoms with Crippen molar-refractivity contribution in [2.75, 3.05) is 13.7 Å². The second-order valence-corrected chi connectivity index (χ2v) is 8.36. The number of carbonyl (C=O) groups excluding carboxylic acids is 1. The fourth-order valence-electron chi connectivity index (χ4n) is 3.33. The quantitative estimate of drug-likeness (QED) is 0.825. The lowest BCUT2D eigenvalue weighted by molar-refractivity contribution is -0.125. The molecular formula is C20H24N2O4S. The van der Waals surface area contributed by atoms with Crippen LogP contribution in [0.3, 0.4) is 0 Å². The first-order valence-corrected chi connectivity index (χ1v) is 10.4. The monoisotopic (exact) mass is 388 g/mol. The average Bonchev–Trinajstić information content (AvgIpc) is 2.72. The summed E-state index contributed by atoms with van der Waals surface area (Å²) in [5.41, 5.74) is 0.849. The Morgan fingerprint density at radius 1 is 1.11 bits per heavy atom. The van der Waals surface area contributed by atoms with E-state index in [2.05, 4.69) is 5.32 Å². The van der Waals surface area contributed by atoms with Gasteiger partial charge in [0.25, 0.3) is 0 Å². The predicted molar refractivity (Wildman–Crippen MR) is 103 cm³/mol. The van der Waals surface area contributed by atoms with Gasteiger partial charge in [-0.25, -0.2) is 8.42 Å². The lowest BCUT2D eigenvalue weighted by atomic mass is 10.0. The molecule has 3 rings (SSSR count). The number of para-hydroxylation sites is 1. The van der Waals surface area contributed by atoms with Crippen LogP contribution in [-0.4, -0.2) is 38.3 Å². The van der Waals surface area contributed by atoms with E-state index >= 15 is 0 Å². The van der Waals surface area contributed by atoms with Crippen molar-refractivity contribution in [2.24, 2.45) is 0 Å². The molecule has 2 aromatic carbocycles. The normalized spacial score (nSPS) is 18.0. The number of piperidine rings is 1. The fraction of sp³-hybridized carbons (Fsp3) is 0.350. The molecule has 2 aromatic rings. The molecule has 1 heterocycles. The van der Waals surface area contributed by atoms with E-state index in [0.29, 0.717) is 25.3 Å². The predicted octanol–water partition coefficient (Wildman–Crippen LogP) is 2.55. The summed E-state index contributed by atoms with van der Waals surface area (Å²) in [5.74, 6) is 0.412. The molecule has 0 spiro atoms. The van der Waals surface area contributed by atoms with Crippen LogP contribution < -0.4 is 10.1 Å². The standard InChI is InChI=1S/C20H24N2O4S/c1-26-19-13-6-5-9-16(19)15-21-20(23)18-12-7-8-14-22(18)27(24,25)17-10-3-2-4-11-17/h2-6,9-11,13,18H,7-8,12,14-15H2,1H3,(H,21,23)/t18-/m1/s1. The van der Waals surface area contributed by atoms with Crippen LogP contribution >= 0.6 is 0 Å². The molecule has 1 amide bonds. The lowest BCUT2D eigenvalue weighted by Gasteiger charge is -2.33. The molecule has 0 saturated carbocycles. The summed E-state index contributed by atoms with van der Waals surface area (Å²) in [6, 6.07) is 15.0. The van der Waals surface area contributed by atoms with E-state index < -0.39 is 16.1 Å². The summed E-state index contributed by atoms with van der Waals surface area (Å²) in [4.78, 5) is 13.0. The van der Waals surface area contributed by atoms with Gasteiger partial charge < -0.3 is 10.1 Å². The van der Waals surface area contributed by atoms with Gasteiger partial charge in [0.2, 0.25) is 15.9 Å². The number of ether oxygens (including phenoxy) is 1. The average molecular weight is 388 g/mol. The Morgan fingerprint density at radius 2 is 1.81 bits per heavy atom. The van der Waals surface area contributed by atoms with Gasteiger partial charge >= 0.3 is 0 Å². The molecule has 1 fully saturated rings. The highest BCUT2D eigenvalue weighted by Gasteiger charge is 2.37. The highest BCUT2D eigenvalue weighted by atomic mass is 32.2. The zero-order chi connectivity index (χ0) is 19.3. The number of nitrogens with one attached hydrogen (secondary N) is 1. The number of carbonyl (C=O) groups is 1. The minimum atomic E-state index is -3.70. The lowest BCUT2D eigenvalue weighted by Crippen LogP contribution is -2.51. The Kier molecular flexibility index (Phi) is 6.13. The van der Waals surface area contributed by atoms with Gasteiger partial charge in [-0.05, 0) is 31.0 Å². The van der Waals surface area contributed by atoms with E-state index in [-0.39, 0.29) is 10.8 Å². The van der Waals surface area contributed by atoms with Crippen LogP contribution in [0.5, 0.6) is 5.75 Å². The van der Waals surface area contributed by atoms with Gasteiger partial charge in [0.15, 0.2) is 0 Å². The number of methoxy groups -OCH3 is 1. The molecule has 27 heavy (non-hydrogen) atoms. The van der Waals surface area contributed by atoms with Crippen molar-refractivity contribution in [1.82, 2.24) is 9.62 Å². The van der Waals surface area contributed by atoms with Crippen LogP contribution in [-0.2, 0) is 21.4 Å². The van der Waals surface area contributed by atoms with Crippen LogP contribution in [0.1, 0.15) is 24.8 Å². The summed E-state index contributed by atoms with van der Waals surface area (Å²) in [5, 5.41) is 2.87. The van der Waals surface area contributed by atoms with Crippen molar-refractivity contribution in [3.8, 4) is 5.75 Å². The molecule has 1 aliphatic rings. The van der Waals surface area contributed by atoms with E-state index in [4.69, 9.17) is 4.74 Å². The van der Waals surface area contributed by atoms with Gasteiger partial charge in [0.05, 0.1) is 12.0 Å². The minimum absolute atomic E-state index is 0.217. The third-order valence-corrected chi connectivity index (χ3v) is 6.67. The van der Waals surface area contributed by atoms with Crippen LogP contribution in [0, 0.1) is 0 Å². The number of benzene rings is 2. The molecule has 1 atom stereocenters. The number of hydrogen-bond acceptors (Lipinski definition) is 4. The zero-order valence-electron chi connectivity index (χ0n) is 15.3.